The van der Waals surface area contributed by atoms with Crippen molar-refractivity contribution in [3.05, 3.63) is 30.1 Å². The molecule has 0 spiro atoms. The predicted octanol–water partition coefficient (Wildman–Crippen LogP) is 1.78. The van der Waals surface area contributed by atoms with Gasteiger partial charge in [0.15, 0.2) is 0 Å². The fourth-order valence-corrected chi connectivity index (χ4v) is 2.15. The van der Waals surface area contributed by atoms with Gasteiger partial charge in [-0.05, 0) is 50.4 Å². The van der Waals surface area contributed by atoms with E-state index in [-0.39, 0.29) is 0 Å². The van der Waals surface area contributed by atoms with E-state index in [1.807, 2.05) is 12.4 Å². The zero-order valence-electron chi connectivity index (χ0n) is 9.86. The molecular formula is C13H20N2O. The molecule has 0 radical (unpaired) electrons. The maximum absolute atomic E-state index is 5.52. The number of hydrogen-bond donors (Lipinski definition) is 1. The van der Waals surface area contributed by atoms with Gasteiger partial charge in [0.2, 0.25) is 0 Å². The van der Waals surface area contributed by atoms with Gasteiger partial charge in [0, 0.05) is 25.0 Å². The van der Waals surface area contributed by atoms with Crippen molar-refractivity contribution in [2.75, 3.05) is 13.2 Å². The molecule has 1 fully saturated rings. The van der Waals surface area contributed by atoms with Crippen molar-refractivity contribution in [2.24, 2.45) is 0 Å². The largest absolute Gasteiger partial charge is 0.378 e. The molecule has 0 aliphatic carbocycles. The number of nitrogens with zero attached hydrogens (tertiary/aromatic N) is 1. The van der Waals surface area contributed by atoms with Crippen LogP contribution in [0, 0.1) is 0 Å². The van der Waals surface area contributed by atoms with Crippen LogP contribution >= 0.6 is 0 Å². The van der Waals surface area contributed by atoms with Crippen LogP contribution in [0.2, 0.25) is 0 Å². The van der Waals surface area contributed by atoms with Crippen molar-refractivity contribution in [2.45, 2.75) is 38.3 Å². The number of pyridine rings is 1. The Kier molecular flexibility index (Phi) is 4.31. The summed E-state index contributed by atoms with van der Waals surface area (Å²) < 4.78 is 5.52. The molecule has 1 aromatic heterocycles. The SMILES string of the molecule is CC1CC(NCCc2ccncc2)CCO1. The number of rotatable bonds is 4. The zero-order chi connectivity index (χ0) is 11.2. The fraction of sp³-hybridized carbons (Fsp3) is 0.615. The lowest BCUT2D eigenvalue weighted by Crippen LogP contribution is -2.38. The van der Waals surface area contributed by atoms with Crippen LogP contribution in [0.5, 0.6) is 0 Å². The Morgan fingerprint density at radius 3 is 3.00 bits per heavy atom. The molecule has 1 aliphatic rings. The first kappa shape index (κ1) is 11.6. The van der Waals surface area contributed by atoms with Gasteiger partial charge in [-0.25, -0.2) is 0 Å². The van der Waals surface area contributed by atoms with Crippen LogP contribution in [0.1, 0.15) is 25.3 Å². The van der Waals surface area contributed by atoms with E-state index in [1.54, 1.807) is 0 Å². The predicted molar refractivity (Wildman–Crippen MR) is 64.4 cm³/mol. The van der Waals surface area contributed by atoms with E-state index in [4.69, 9.17) is 4.74 Å². The quantitative estimate of drug-likeness (QED) is 0.840. The molecule has 16 heavy (non-hydrogen) atoms. The minimum absolute atomic E-state index is 0.409. The molecule has 0 bridgehead atoms. The second-order valence-electron chi connectivity index (χ2n) is 4.46. The Bertz CT molecular complexity index is 302. The fourth-order valence-electron chi connectivity index (χ4n) is 2.15. The van der Waals surface area contributed by atoms with Gasteiger partial charge >= 0.3 is 0 Å². The number of nitrogens with one attached hydrogen (secondary N) is 1. The van der Waals surface area contributed by atoms with Crippen LogP contribution in [0.15, 0.2) is 24.5 Å². The van der Waals surface area contributed by atoms with Gasteiger partial charge in [0.05, 0.1) is 6.10 Å². The Hall–Kier alpha value is -0.930. The van der Waals surface area contributed by atoms with Gasteiger partial charge in [-0.2, -0.15) is 0 Å². The molecule has 0 aromatic carbocycles. The standard InChI is InChI=1S/C13H20N2O/c1-11-10-13(5-9-16-11)15-8-4-12-2-6-14-7-3-12/h2-3,6-7,11,13,15H,4-5,8-10H2,1H3. The van der Waals surface area contributed by atoms with Gasteiger partial charge in [0.25, 0.3) is 0 Å². The van der Waals surface area contributed by atoms with E-state index in [2.05, 4.69) is 29.4 Å². The minimum Gasteiger partial charge on any atom is -0.378 e. The molecular weight excluding hydrogens is 200 g/mol. The Balaban J connectivity index is 1.68. The zero-order valence-corrected chi connectivity index (χ0v) is 9.86. The molecule has 2 rings (SSSR count). The highest BCUT2D eigenvalue weighted by atomic mass is 16.5. The molecule has 0 amide bonds. The Morgan fingerprint density at radius 1 is 1.44 bits per heavy atom. The highest BCUT2D eigenvalue weighted by Gasteiger charge is 2.18. The molecule has 3 nitrogen and oxygen atoms in total. The topological polar surface area (TPSA) is 34.2 Å². The maximum atomic E-state index is 5.52. The summed E-state index contributed by atoms with van der Waals surface area (Å²) in [5, 5.41) is 3.60. The van der Waals surface area contributed by atoms with Gasteiger partial charge < -0.3 is 10.1 Å². The minimum atomic E-state index is 0.409. The third-order valence-electron chi connectivity index (χ3n) is 3.08. The first-order chi connectivity index (χ1) is 7.84. The summed E-state index contributed by atoms with van der Waals surface area (Å²) in [6.45, 7) is 4.09. The summed E-state index contributed by atoms with van der Waals surface area (Å²) in [7, 11) is 0. The first-order valence-electron chi connectivity index (χ1n) is 6.08. The lowest BCUT2D eigenvalue weighted by Gasteiger charge is -2.28. The van der Waals surface area contributed by atoms with Gasteiger partial charge in [0.1, 0.15) is 0 Å². The molecule has 1 saturated heterocycles. The molecule has 2 atom stereocenters. The van der Waals surface area contributed by atoms with E-state index >= 15 is 0 Å². The van der Waals surface area contributed by atoms with Crippen molar-refractivity contribution >= 4 is 0 Å². The van der Waals surface area contributed by atoms with Crippen LogP contribution in [-0.4, -0.2) is 30.3 Å². The summed E-state index contributed by atoms with van der Waals surface area (Å²) in [5.74, 6) is 0. The molecule has 1 aliphatic heterocycles. The van der Waals surface area contributed by atoms with E-state index in [9.17, 15) is 0 Å². The van der Waals surface area contributed by atoms with Crippen LogP contribution in [0.25, 0.3) is 0 Å². The summed E-state index contributed by atoms with van der Waals surface area (Å²) in [5.41, 5.74) is 1.35. The number of aromatic nitrogens is 1. The second kappa shape index (κ2) is 5.97. The highest BCUT2D eigenvalue weighted by molar-refractivity contribution is 5.09. The van der Waals surface area contributed by atoms with Gasteiger partial charge in [-0.15, -0.1) is 0 Å². The normalized spacial score (nSPS) is 25.6. The van der Waals surface area contributed by atoms with Gasteiger partial charge in [-0.1, -0.05) is 0 Å². The third kappa shape index (κ3) is 3.58. The lowest BCUT2D eigenvalue weighted by atomic mass is 10.0. The Labute approximate surface area is 97.2 Å². The van der Waals surface area contributed by atoms with E-state index in [0.717, 1.165) is 32.4 Å². The second-order valence-corrected chi connectivity index (χ2v) is 4.46. The van der Waals surface area contributed by atoms with Crippen LogP contribution in [-0.2, 0) is 11.2 Å². The number of hydrogen-bond acceptors (Lipinski definition) is 3. The third-order valence-corrected chi connectivity index (χ3v) is 3.08. The Morgan fingerprint density at radius 2 is 2.25 bits per heavy atom. The lowest BCUT2D eigenvalue weighted by molar-refractivity contribution is 0.0135. The first-order valence-corrected chi connectivity index (χ1v) is 6.08. The summed E-state index contributed by atoms with van der Waals surface area (Å²) in [4.78, 5) is 4.02. The summed E-state index contributed by atoms with van der Waals surface area (Å²) in [6.07, 6.45) is 7.47. The molecule has 2 heterocycles. The maximum Gasteiger partial charge on any atom is 0.0561 e. The summed E-state index contributed by atoms with van der Waals surface area (Å²) in [6, 6.07) is 4.79. The highest BCUT2D eigenvalue weighted by Crippen LogP contribution is 2.12. The van der Waals surface area contributed by atoms with Crippen molar-refractivity contribution in [1.82, 2.24) is 10.3 Å². The monoisotopic (exact) mass is 220 g/mol. The van der Waals surface area contributed by atoms with E-state index in [1.165, 1.54) is 5.56 Å². The van der Waals surface area contributed by atoms with Crippen molar-refractivity contribution in [3.63, 3.8) is 0 Å². The van der Waals surface area contributed by atoms with Crippen molar-refractivity contribution in [3.8, 4) is 0 Å². The smallest absolute Gasteiger partial charge is 0.0561 e. The van der Waals surface area contributed by atoms with Crippen molar-refractivity contribution < 1.29 is 4.74 Å². The van der Waals surface area contributed by atoms with Crippen molar-refractivity contribution in [1.29, 1.82) is 0 Å². The van der Waals surface area contributed by atoms with Crippen LogP contribution in [0.3, 0.4) is 0 Å². The molecule has 1 aromatic rings. The molecule has 1 N–H and O–H groups in total. The average molecular weight is 220 g/mol. The number of ether oxygens (including phenoxy) is 1. The molecule has 3 heteroatoms. The van der Waals surface area contributed by atoms with Crippen LogP contribution < -0.4 is 5.32 Å². The van der Waals surface area contributed by atoms with E-state index < -0.39 is 0 Å². The average Bonchev–Trinajstić information content (AvgIpc) is 2.30. The van der Waals surface area contributed by atoms with Gasteiger partial charge in [-0.3, -0.25) is 4.98 Å². The van der Waals surface area contributed by atoms with E-state index in [0.29, 0.717) is 12.1 Å². The van der Waals surface area contributed by atoms with Crippen LogP contribution in [0.4, 0.5) is 0 Å². The molecule has 2 unspecified atom stereocenters. The molecule has 0 saturated carbocycles. The molecule has 88 valence electrons. The summed E-state index contributed by atoms with van der Waals surface area (Å²) >= 11 is 0.